The number of amides is 1. The lowest BCUT2D eigenvalue weighted by Gasteiger charge is -2.12. The van der Waals surface area contributed by atoms with Crippen LogP contribution in [-0.4, -0.2) is 34.3 Å². The highest BCUT2D eigenvalue weighted by molar-refractivity contribution is 7.98. The third-order valence-electron chi connectivity index (χ3n) is 3.98. The van der Waals surface area contributed by atoms with E-state index in [-0.39, 0.29) is 5.91 Å². The van der Waals surface area contributed by atoms with Crippen LogP contribution in [0.4, 0.5) is 5.13 Å². The van der Waals surface area contributed by atoms with Crippen LogP contribution in [0.5, 0.6) is 0 Å². The van der Waals surface area contributed by atoms with Crippen molar-refractivity contribution in [3.8, 4) is 5.00 Å². The lowest BCUT2D eigenvalue weighted by molar-refractivity contribution is 0.0606. The van der Waals surface area contributed by atoms with Gasteiger partial charge in [-0.25, -0.2) is 9.78 Å². The van der Waals surface area contributed by atoms with Gasteiger partial charge in [0.25, 0.3) is 5.91 Å². The fourth-order valence-corrected chi connectivity index (χ4v) is 5.96. The van der Waals surface area contributed by atoms with Gasteiger partial charge in [0.05, 0.1) is 18.9 Å². The number of thiophene rings is 1. The Morgan fingerprint density at radius 3 is 2.85 bits per heavy atom. The highest BCUT2D eigenvalue weighted by atomic mass is 32.2. The number of anilines is 1. The van der Waals surface area contributed by atoms with Crippen molar-refractivity contribution < 1.29 is 14.3 Å². The van der Waals surface area contributed by atoms with Crippen molar-refractivity contribution in [1.29, 1.82) is 0 Å². The molecule has 4 heterocycles. The summed E-state index contributed by atoms with van der Waals surface area (Å²) in [7, 11) is 1.32. The van der Waals surface area contributed by atoms with Crippen LogP contribution in [0.3, 0.4) is 0 Å². The van der Waals surface area contributed by atoms with Crippen molar-refractivity contribution in [2.24, 2.45) is 0 Å². The second-order valence-electron chi connectivity index (χ2n) is 5.55. The van der Waals surface area contributed by atoms with E-state index in [1.165, 1.54) is 18.2 Å². The summed E-state index contributed by atoms with van der Waals surface area (Å²) in [4.78, 5) is 30.3. The number of thiazole rings is 1. The fourth-order valence-electron chi connectivity index (χ4n) is 2.79. The molecule has 0 saturated carbocycles. The Morgan fingerprint density at radius 2 is 2.08 bits per heavy atom. The molecule has 0 bridgehead atoms. The van der Waals surface area contributed by atoms with E-state index in [1.807, 2.05) is 40.9 Å². The van der Waals surface area contributed by atoms with Gasteiger partial charge < -0.3 is 9.30 Å². The summed E-state index contributed by atoms with van der Waals surface area (Å²) in [6.45, 7) is 0. The molecule has 0 unspecified atom stereocenters. The molecule has 0 atom stereocenters. The molecule has 3 aromatic heterocycles. The molecule has 9 heteroatoms. The van der Waals surface area contributed by atoms with Crippen molar-refractivity contribution in [3.05, 3.63) is 51.6 Å². The summed E-state index contributed by atoms with van der Waals surface area (Å²) in [6, 6.07) is 3.89. The number of fused-ring (bicyclic) bond motifs is 1. The highest BCUT2D eigenvalue weighted by Crippen LogP contribution is 2.38. The number of esters is 1. The minimum Gasteiger partial charge on any atom is -0.465 e. The van der Waals surface area contributed by atoms with E-state index in [1.54, 1.807) is 11.3 Å². The molecular weight excluding hydrogens is 390 g/mol. The Morgan fingerprint density at radius 1 is 1.27 bits per heavy atom. The molecule has 0 saturated heterocycles. The Balaban J connectivity index is 1.68. The minimum absolute atomic E-state index is 0.191. The lowest BCUT2D eigenvalue weighted by atomic mass is 10.1. The van der Waals surface area contributed by atoms with Crippen molar-refractivity contribution in [3.63, 3.8) is 0 Å². The van der Waals surface area contributed by atoms with Gasteiger partial charge in [0, 0.05) is 23.0 Å². The van der Waals surface area contributed by atoms with Gasteiger partial charge in [-0.15, -0.1) is 11.3 Å². The number of ether oxygens (including phenoxy) is 1. The van der Waals surface area contributed by atoms with E-state index in [4.69, 9.17) is 0 Å². The van der Waals surface area contributed by atoms with E-state index in [2.05, 4.69) is 15.0 Å². The summed E-state index contributed by atoms with van der Waals surface area (Å²) >= 11 is 4.66. The standard InChI is InChI=1S/C17H15N3O3S3/c1-23-16(22)11-8-18-17(26-11)19-14(21)13-10-4-7-24-9-12(10)25-15(13)20-5-2-3-6-20/h2-3,5-6,8H,4,7,9H2,1H3,(H,18,19,21). The molecule has 3 aromatic rings. The molecule has 134 valence electrons. The molecule has 0 fully saturated rings. The molecule has 1 aliphatic rings. The number of carbonyl (C=O) groups excluding carboxylic acids is 2. The maximum Gasteiger partial charge on any atom is 0.349 e. The van der Waals surface area contributed by atoms with Gasteiger partial charge >= 0.3 is 5.97 Å². The molecule has 1 aliphatic heterocycles. The first-order valence-electron chi connectivity index (χ1n) is 7.88. The molecule has 6 nitrogen and oxygen atoms in total. The van der Waals surface area contributed by atoms with Gasteiger partial charge in [0.2, 0.25) is 0 Å². The number of carbonyl (C=O) groups is 2. The molecule has 4 rings (SSSR count). The first-order chi connectivity index (χ1) is 12.7. The third-order valence-corrected chi connectivity index (χ3v) is 7.29. The summed E-state index contributed by atoms with van der Waals surface area (Å²) in [5.74, 6) is 1.30. The number of aromatic nitrogens is 2. The number of hydrogen-bond acceptors (Lipinski definition) is 7. The number of nitrogens with zero attached hydrogens (tertiary/aromatic N) is 2. The van der Waals surface area contributed by atoms with Crippen LogP contribution >= 0.6 is 34.4 Å². The predicted molar refractivity (Wildman–Crippen MR) is 105 cm³/mol. The monoisotopic (exact) mass is 405 g/mol. The SMILES string of the molecule is COC(=O)c1cnc(NC(=O)c2c(-n3cccc3)sc3c2CCSC3)s1. The molecule has 0 radical (unpaired) electrons. The largest absolute Gasteiger partial charge is 0.465 e. The zero-order valence-corrected chi connectivity index (χ0v) is 16.3. The summed E-state index contributed by atoms with van der Waals surface area (Å²) < 4.78 is 6.66. The molecule has 0 aliphatic carbocycles. The summed E-state index contributed by atoms with van der Waals surface area (Å²) in [5.41, 5.74) is 1.83. The van der Waals surface area contributed by atoms with Crippen LogP contribution < -0.4 is 5.32 Å². The van der Waals surface area contributed by atoms with E-state index in [0.29, 0.717) is 15.6 Å². The van der Waals surface area contributed by atoms with Crippen LogP contribution in [0.15, 0.2) is 30.7 Å². The number of hydrogen-bond donors (Lipinski definition) is 1. The minimum atomic E-state index is -0.457. The van der Waals surface area contributed by atoms with Crippen LogP contribution in [-0.2, 0) is 16.9 Å². The van der Waals surface area contributed by atoms with E-state index in [0.717, 1.165) is 39.8 Å². The molecule has 0 spiro atoms. The zero-order chi connectivity index (χ0) is 18.1. The Labute approximate surface area is 162 Å². The van der Waals surface area contributed by atoms with Gasteiger partial charge in [-0.3, -0.25) is 10.1 Å². The molecule has 0 aromatic carbocycles. The molecular formula is C17H15N3O3S3. The Bertz CT molecular complexity index is 959. The fraction of sp³-hybridized carbons (Fsp3) is 0.235. The second-order valence-corrected chi connectivity index (χ2v) is 8.77. The number of nitrogens with one attached hydrogen (secondary N) is 1. The van der Waals surface area contributed by atoms with Crippen LogP contribution in [0.2, 0.25) is 0 Å². The Hall–Kier alpha value is -2.10. The van der Waals surface area contributed by atoms with Gasteiger partial charge in [-0.1, -0.05) is 11.3 Å². The quantitative estimate of drug-likeness (QED) is 0.668. The molecule has 1 N–H and O–H groups in total. The van der Waals surface area contributed by atoms with Gasteiger partial charge in [-0.2, -0.15) is 11.8 Å². The number of thioether (sulfide) groups is 1. The molecule has 26 heavy (non-hydrogen) atoms. The lowest BCUT2D eigenvalue weighted by Crippen LogP contribution is -2.16. The number of rotatable bonds is 4. The van der Waals surface area contributed by atoms with Crippen molar-refractivity contribution in [2.75, 3.05) is 18.2 Å². The highest BCUT2D eigenvalue weighted by Gasteiger charge is 2.27. The van der Waals surface area contributed by atoms with Crippen LogP contribution in [0, 0.1) is 0 Å². The maximum absolute atomic E-state index is 13.0. The predicted octanol–water partition coefficient (Wildman–Crippen LogP) is 3.82. The van der Waals surface area contributed by atoms with Gasteiger partial charge in [0.15, 0.2) is 5.13 Å². The second kappa shape index (κ2) is 7.26. The van der Waals surface area contributed by atoms with Crippen molar-refractivity contribution in [2.45, 2.75) is 12.2 Å². The van der Waals surface area contributed by atoms with E-state index >= 15 is 0 Å². The first-order valence-corrected chi connectivity index (χ1v) is 10.7. The van der Waals surface area contributed by atoms with Gasteiger partial charge in [-0.05, 0) is 29.9 Å². The smallest absolute Gasteiger partial charge is 0.349 e. The molecule has 1 amide bonds. The topological polar surface area (TPSA) is 73.2 Å². The Kier molecular flexibility index (Phi) is 4.84. The summed E-state index contributed by atoms with van der Waals surface area (Å²) in [5, 5.41) is 4.15. The van der Waals surface area contributed by atoms with Crippen LogP contribution in [0.1, 0.15) is 30.5 Å². The maximum atomic E-state index is 13.0. The number of methoxy groups -OCH3 is 1. The van der Waals surface area contributed by atoms with Crippen molar-refractivity contribution in [1.82, 2.24) is 9.55 Å². The van der Waals surface area contributed by atoms with Gasteiger partial charge in [0.1, 0.15) is 9.88 Å². The zero-order valence-electron chi connectivity index (χ0n) is 13.9. The summed E-state index contributed by atoms with van der Waals surface area (Å²) in [6.07, 6.45) is 6.18. The van der Waals surface area contributed by atoms with E-state index < -0.39 is 5.97 Å². The average Bonchev–Trinajstić information content (AvgIpc) is 3.39. The van der Waals surface area contributed by atoms with Crippen molar-refractivity contribution >= 4 is 51.4 Å². The average molecular weight is 406 g/mol. The van der Waals surface area contributed by atoms with E-state index in [9.17, 15) is 9.59 Å². The normalized spacial score (nSPS) is 13.3. The third kappa shape index (κ3) is 3.17. The first kappa shape index (κ1) is 17.3. The van der Waals surface area contributed by atoms with Crippen LogP contribution in [0.25, 0.3) is 5.00 Å².